The second-order valence-electron chi connectivity index (χ2n) is 7.20. The molecule has 1 aliphatic rings. The van der Waals surface area contributed by atoms with E-state index in [9.17, 15) is 14.0 Å². The van der Waals surface area contributed by atoms with Gasteiger partial charge in [0.2, 0.25) is 0 Å². The number of carboxylic acid groups (broad SMARTS) is 1. The Morgan fingerprint density at radius 1 is 1.06 bits per heavy atom. The molecular formula is C25H19FN2O4. The predicted molar refractivity (Wildman–Crippen MR) is 118 cm³/mol. The maximum Gasteiger partial charge on any atom is 0.407 e. The number of nitrogen functional groups attached to an aromatic ring is 1. The number of alkyl carbamates (subject to hydrolysis) is 1. The number of ether oxygens (including phenoxy) is 1. The molecule has 0 aromatic heterocycles. The zero-order valence-corrected chi connectivity index (χ0v) is 16.9. The molecule has 0 bridgehead atoms. The minimum Gasteiger partial charge on any atom is -0.478 e. The Kier molecular flexibility index (Phi) is 5.77. The Morgan fingerprint density at radius 3 is 2.31 bits per heavy atom. The normalized spacial score (nSPS) is 11.7. The highest BCUT2D eigenvalue weighted by molar-refractivity contribution is 5.95. The Morgan fingerprint density at radius 2 is 1.69 bits per heavy atom. The number of benzene rings is 3. The van der Waals surface area contributed by atoms with Crippen molar-refractivity contribution in [1.29, 1.82) is 0 Å². The molecule has 160 valence electrons. The first-order valence-electron chi connectivity index (χ1n) is 9.85. The lowest BCUT2D eigenvalue weighted by Gasteiger charge is -2.14. The molecule has 7 heteroatoms. The number of nitrogens with one attached hydrogen (secondary N) is 1. The molecule has 1 amide bonds. The van der Waals surface area contributed by atoms with Crippen LogP contribution in [0.4, 0.5) is 14.9 Å². The van der Waals surface area contributed by atoms with Crippen molar-refractivity contribution < 1.29 is 23.8 Å². The van der Waals surface area contributed by atoms with Crippen LogP contribution >= 0.6 is 0 Å². The Bertz CT molecular complexity index is 1230. The van der Waals surface area contributed by atoms with Crippen LogP contribution in [0.2, 0.25) is 0 Å². The summed E-state index contributed by atoms with van der Waals surface area (Å²) >= 11 is 0. The molecule has 0 saturated heterocycles. The molecule has 0 fully saturated rings. The molecule has 4 rings (SSSR count). The third kappa shape index (κ3) is 4.12. The predicted octanol–water partition coefficient (Wildman–Crippen LogP) is 4.00. The molecule has 0 spiro atoms. The van der Waals surface area contributed by atoms with Crippen molar-refractivity contribution >= 4 is 17.7 Å². The number of halogens is 1. The molecule has 3 aromatic rings. The number of anilines is 1. The van der Waals surface area contributed by atoms with Crippen LogP contribution in [0.25, 0.3) is 11.1 Å². The molecule has 0 aliphatic heterocycles. The molecule has 0 atom stereocenters. The number of amides is 1. The summed E-state index contributed by atoms with van der Waals surface area (Å²) in [7, 11) is 0. The smallest absolute Gasteiger partial charge is 0.407 e. The summed E-state index contributed by atoms with van der Waals surface area (Å²) in [4.78, 5) is 23.2. The van der Waals surface area contributed by atoms with Crippen LogP contribution in [-0.2, 0) is 4.74 Å². The Balaban J connectivity index is 1.37. The average molecular weight is 430 g/mol. The maximum absolute atomic E-state index is 13.6. The largest absolute Gasteiger partial charge is 0.478 e. The van der Waals surface area contributed by atoms with Gasteiger partial charge in [0.15, 0.2) is 0 Å². The van der Waals surface area contributed by atoms with Crippen LogP contribution in [0, 0.1) is 17.7 Å². The van der Waals surface area contributed by atoms with Gasteiger partial charge in [-0.05, 0) is 34.4 Å². The third-order valence-corrected chi connectivity index (χ3v) is 5.26. The lowest BCUT2D eigenvalue weighted by Crippen LogP contribution is -2.26. The summed E-state index contributed by atoms with van der Waals surface area (Å²) < 4.78 is 19.0. The number of nitrogens with two attached hydrogens (primary N) is 1. The number of carbonyl (C=O) groups is 2. The zero-order valence-electron chi connectivity index (χ0n) is 16.9. The van der Waals surface area contributed by atoms with Crippen molar-refractivity contribution in [2.24, 2.45) is 0 Å². The SMILES string of the molecule is Nc1c(C#CCNC(=O)OCC2c3ccccc3-c3ccccc32)cc(F)cc1C(=O)O. The number of fused-ring (bicyclic) bond motifs is 3. The third-order valence-electron chi connectivity index (χ3n) is 5.26. The van der Waals surface area contributed by atoms with Crippen molar-refractivity contribution in [3.8, 4) is 23.0 Å². The van der Waals surface area contributed by atoms with E-state index in [1.54, 1.807) is 0 Å². The van der Waals surface area contributed by atoms with Gasteiger partial charge in [-0.3, -0.25) is 0 Å². The van der Waals surface area contributed by atoms with Crippen LogP contribution in [0.1, 0.15) is 33.0 Å². The highest BCUT2D eigenvalue weighted by Crippen LogP contribution is 2.44. The Hall–Kier alpha value is -4.31. The monoisotopic (exact) mass is 430 g/mol. The first-order valence-corrected chi connectivity index (χ1v) is 9.85. The molecular weight excluding hydrogens is 411 g/mol. The summed E-state index contributed by atoms with van der Waals surface area (Å²) in [5.74, 6) is 3.04. The fourth-order valence-corrected chi connectivity index (χ4v) is 3.80. The minimum atomic E-state index is -1.35. The molecule has 6 nitrogen and oxygen atoms in total. The molecule has 32 heavy (non-hydrogen) atoms. The van der Waals surface area contributed by atoms with Crippen LogP contribution in [-0.4, -0.2) is 30.3 Å². The lowest BCUT2D eigenvalue weighted by molar-refractivity contribution is 0.0697. The second kappa shape index (κ2) is 8.82. The number of hydrogen-bond donors (Lipinski definition) is 3. The van der Waals surface area contributed by atoms with Gasteiger partial charge in [-0.25, -0.2) is 14.0 Å². The van der Waals surface area contributed by atoms with Crippen LogP contribution in [0.5, 0.6) is 0 Å². The van der Waals surface area contributed by atoms with Crippen LogP contribution < -0.4 is 11.1 Å². The summed E-state index contributed by atoms with van der Waals surface area (Å²) in [5.41, 5.74) is 9.76. The van der Waals surface area contributed by atoms with Crippen LogP contribution in [0.3, 0.4) is 0 Å². The molecule has 3 aromatic carbocycles. The number of hydrogen-bond acceptors (Lipinski definition) is 4. The van der Waals surface area contributed by atoms with Crippen molar-refractivity contribution in [2.45, 2.75) is 5.92 Å². The van der Waals surface area contributed by atoms with Gasteiger partial charge in [0.1, 0.15) is 12.4 Å². The molecule has 0 radical (unpaired) electrons. The molecule has 1 aliphatic carbocycles. The lowest BCUT2D eigenvalue weighted by atomic mass is 9.98. The van der Waals surface area contributed by atoms with Gasteiger partial charge in [-0.1, -0.05) is 60.4 Å². The summed E-state index contributed by atoms with van der Waals surface area (Å²) in [6, 6.07) is 17.9. The van der Waals surface area contributed by atoms with Gasteiger partial charge < -0.3 is 20.9 Å². The van der Waals surface area contributed by atoms with Crippen LogP contribution in [0.15, 0.2) is 60.7 Å². The van der Waals surface area contributed by atoms with Crippen molar-refractivity contribution in [2.75, 3.05) is 18.9 Å². The molecule has 4 N–H and O–H groups in total. The van der Waals surface area contributed by atoms with E-state index in [-0.39, 0.29) is 35.9 Å². The fraction of sp³-hybridized carbons (Fsp3) is 0.120. The van der Waals surface area contributed by atoms with Gasteiger partial charge in [-0.15, -0.1) is 0 Å². The second-order valence-corrected chi connectivity index (χ2v) is 7.20. The fourth-order valence-electron chi connectivity index (χ4n) is 3.80. The van der Waals surface area contributed by atoms with Gasteiger partial charge in [0.25, 0.3) is 0 Å². The zero-order chi connectivity index (χ0) is 22.7. The standard InChI is InChI=1S/C25H19FN2O4/c26-16-12-15(23(27)21(13-16)24(29)30)6-5-11-28-25(31)32-14-22-19-9-3-1-7-17(19)18-8-2-4-10-20(18)22/h1-4,7-10,12-13,22H,11,14,27H2,(H,28,31)(H,29,30). The van der Waals surface area contributed by atoms with E-state index >= 15 is 0 Å². The molecule has 0 unspecified atom stereocenters. The van der Waals surface area contributed by atoms with Gasteiger partial charge in [0, 0.05) is 5.92 Å². The van der Waals surface area contributed by atoms with Gasteiger partial charge in [-0.2, -0.15) is 0 Å². The first kappa shape index (κ1) is 20.9. The van der Waals surface area contributed by atoms with E-state index in [2.05, 4.69) is 29.3 Å². The summed E-state index contributed by atoms with van der Waals surface area (Å²) in [6.07, 6.45) is -0.639. The minimum absolute atomic E-state index is 0.0386. The Labute approximate surface area is 183 Å². The average Bonchev–Trinajstić information content (AvgIpc) is 3.11. The van der Waals surface area contributed by atoms with E-state index in [1.807, 2.05) is 36.4 Å². The topological polar surface area (TPSA) is 102 Å². The number of carbonyl (C=O) groups excluding carboxylic acids is 1. The van der Waals surface area contributed by atoms with E-state index in [1.165, 1.54) is 0 Å². The number of aromatic carboxylic acids is 1. The van der Waals surface area contributed by atoms with Crippen molar-refractivity contribution in [3.63, 3.8) is 0 Å². The van der Waals surface area contributed by atoms with E-state index in [0.29, 0.717) is 0 Å². The first-order chi connectivity index (χ1) is 15.5. The van der Waals surface area contributed by atoms with Gasteiger partial charge in [0.05, 0.1) is 23.4 Å². The highest BCUT2D eigenvalue weighted by atomic mass is 19.1. The van der Waals surface area contributed by atoms with E-state index in [4.69, 9.17) is 15.6 Å². The van der Waals surface area contributed by atoms with Crippen molar-refractivity contribution in [3.05, 3.63) is 88.7 Å². The van der Waals surface area contributed by atoms with Gasteiger partial charge >= 0.3 is 12.1 Å². The maximum atomic E-state index is 13.6. The van der Waals surface area contributed by atoms with E-state index in [0.717, 1.165) is 34.4 Å². The summed E-state index contributed by atoms with van der Waals surface area (Å²) in [6.45, 7) is 0.0984. The van der Waals surface area contributed by atoms with Crippen molar-refractivity contribution in [1.82, 2.24) is 5.32 Å². The molecule has 0 heterocycles. The number of rotatable bonds is 4. The molecule has 0 saturated carbocycles. The number of carboxylic acids is 1. The highest BCUT2D eigenvalue weighted by Gasteiger charge is 2.28. The summed E-state index contributed by atoms with van der Waals surface area (Å²) in [5, 5.41) is 11.6. The quantitative estimate of drug-likeness (QED) is 0.429. The van der Waals surface area contributed by atoms with E-state index < -0.39 is 17.9 Å².